The van der Waals surface area contributed by atoms with Gasteiger partial charge < -0.3 is 14.9 Å². The van der Waals surface area contributed by atoms with Crippen LogP contribution in [0.25, 0.3) is 0 Å². The average Bonchev–Trinajstić information content (AvgIpc) is 3.16. The van der Waals surface area contributed by atoms with E-state index in [4.69, 9.17) is 4.52 Å². The molecule has 2 heterocycles. The van der Waals surface area contributed by atoms with E-state index in [1.807, 2.05) is 0 Å². The van der Waals surface area contributed by atoms with Crippen molar-refractivity contribution in [3.05, 3.63) is 47.3 Å². The van der Waals surface area contributed by atoms with E-state index in [0.717, 1.165) is 5.01 Å². The monoisotopic (exact) mass is 356 g/mol. The van der Waals surface area contributed by atoms with Crippen molar-refractivity contribution in [3.8, 4) is 0 Å². The number of aliphatic hydroxyl groups is 1. The van der Waals surface area contributed by atoms with Gasteiger partial charge in [0.25, 0.3) is 11.8 Å². The van der Waals surface area contributed by atoms with Crippen LogP contribution in [-0.4, -0.2) is 33.4 Å². The highest BCUT2D eigenvalue weighted by Gasteiger charge is 2.46. The summed E-state index contributed by atoms with van der Waals surface area (Å²) in [4.78, 5) is 24.9. The number of hydrogen-bond donors (Lipinski definition) is 2. The van der Waals surface area contributed by atoms with Gasteiger partial charge in [-0.15, -0.1) is 0 Å². The van der Waals surface area contributed by atoms with Gasteiger partial charge in [-0.25, -0.2) is 0 Å². The fourth-order valence-corrected chi connectivity index (χ4v) is 2.74. The van der Waals surface area contributed by atoms with E-state index in [-0.39, 0.29) is 18.9 Å². The summed E-state index contributed by atoms with van der Waals surface area (Å²) < 4.78 is 4.96. The van der Waals surface area contributed by atoms with Crippen LogP contribution in [0.15, 0.2) is 40.0 Å². The third-order valence-corrected chi connectivity index (χ3v) is 4.37. The van der Waals surface area contributed by atoms with E-state index in [9.17, 15) is 14.7 Å². The molecule has 0 bridgehead atoms. The van der Waals surface area contributed by atoms with Gasteiger partial charge in [-0.05, 0) is 38.5 Å². The summed E-state index contributed by atoms with van der Waals surface area (Å²) in [7, 11) is 0. The normalized spacial score (nSPS) is 19.6. The first kappa shape index (κ1) is 17.8. The molecule has 1 aliphatic heterocycles. The Morgan fingerprint density at radius 1 is 1.35 bits per heavy atom. The van der Waals surface area contributed by atoms with E-state index >= 15 is 0 Å². The molecule has 1 atom stereocenters. The summed E-state index contributed by atoms with van der Waals surface area (Å²) in [5.41, 5.74) is 0.151. The lowest BCUT2D eigenvalue weighted by atomic mass is 9.95. The van der Waals surface area contributed by atoms with Gasteiger partial charge in [-0.1, -0.05) is 18.1 Å². The zero-order chi connectivity index (χ0) is 18.9. The highest BCUT2D eigenvalue weighted by molar-refractivity contribution is 6.21. The van der Waals surface area contributed by atoms with Crippen LogP contribution >= 0.6 is 0 Å². The lowest BCUT2D eigenvalue weighted by Crippen LogP contribution is -2.45. The standard InChI is InChI=1S/C18H20N4O4/c1-4-18(25)12(3)20-22(17(18)24)15-7-5-6-13(9-15)16(23)19-10-14-8-11(2)26-21-14/h5-9,25H,4,10H2,1-3H3,(H,19,23)/t18-/m1/s1. The zero-order valence-electron chi connectivity index (χ0n) is 14.8. The van der Waals surface area contributed by atoms with Crippen LogP contribution in [0.4, 0.5) is 5.69 Å². The van der Waals surface area contributed by atoms with Crippen LogP contribution < -0.4 is 10.3 Å². The molecule has 136 valence electrons. The van der Waals surface area contributed by atoms with Crippen LogP contribution in [0.1, 0.15) is 42.1 Å². The first-order chi connectivity index (χ1) is 12.3. The molecule has 2 amide bonds. The van der Waals surface area contributed by atoms with Crippen LogP contribution in [0.5, 0.6) is 0 Å². The van der Waals surface area contributed by atoms with Crippen LogP contribution in [0.3, 0.4) is 0 Å². The maximum atomic E-state index is 12.5. The summed E-state index contributed by atoms with van der Waals surface area (Å²) in [5, 5.41) is 22.3. The van der Waals surface area contributed by atoms with Crippen molar-refractivity contribution in [2.75, 3.05) is 5.01 Å². The third kappa shape index (κ3) is 3.11. The molecule has 0 saturated heterocycles. The number of hydrazone groups is 1. The molecule has 0 aliphatic carbocycles. The molecule has 1 aromatic carbocycles. The van der Waals surface area contributed by atoms with Crippen LogP contribution in [-0.2, 0) is 11.3 Å². The first-order valence-electron chi connectivity index (χ1n) is 8.28. The smallest absolute Gasteiger partial charge is 0.285 e. The first-order valence-corrected chi connectivity index (χ1v) is 8.28. The second-order valence-electron chi connectivity index (χ2n) is 6.18. The Labute approximate surface area is 150 Å². The topological polar surface area (TPSA) is 108 Å². The van der Waals surface area contributed by atoms with E-state index in [1.165, 1.54) is 0 Å². The molecule has 2 N–H and O–H groups in total. The van der Waals surface area contributed by atoms with Crippen molar-refractivity contribution < 1.29 is 19.2 Å². The molecule has 8 nitrogen and oxygen atoms in total. The molecule has 0 unspecified atom stereocenters. The lowest BCUT2D eigenvalue weighted by molar-refractivity contribution is -0.129. The number of anilines is 1. The summed E-state index contributed by atoms with van der Waals surface area (Å²) in [6, 6.07) is 8.25. The number of carbonyl (C=O) groups excluding carboxylic acids is 2. The minimum absolute atomic E-state index is 0.231. The molecule has 0 fully saturated rings. The second-order valence-corrected chi connectivity index (χ2v) is 6.18. The summed E-state index contributed by atoms with van der Waals surface area (Å²) >= 11 is 0. The van der Waals surface area contributed by atoms with Crippen LogP contribution in [0.2, 0.25) is 0 Å². The van der Waals surface area contributed by atoms with Gasteiger partial charge >= 0.3 is 0 Å². The third-order valence-electron chi connectivity index (χ3n) is 4.37. The molecule has 3 rings (SSSR count). The lowest BCUT2D eigenvalue weighted by Gasteiger charge is -2.20. The predicted molar refractivity (Wildman–Crippen MR) is 94.7 cm³/mol. The predicted octanol–water partition coefficient (Wildman–Crippen LogP) is 1.78. The number of rotatable bonds is 5. The Morgan fingerprint density at radius 2 is 2.12 bits per heavy atom. The number of aryl methyl sites for hydroxylation is 1. The molecule has 1 aliphatic rings. The van der Waals surface area contributed by atoms with E-state index in [1.54, 1.807) is 51.1 Å². The number of nitrogens with zero attached hydrogens (tertiary/aromatic N) is 3. The number of benzene rings is 1. The summed E-state index contributed by atoms with van der Waals surface area (Å²) in [6.45, 7) is 5.33. The fourth-order valence-electron chi connectivity index (χ4n) is 2.74. The molecule has 26 heavy (non-hydrogen) atoms. The molecule has 0 spiro atoms. The maximum absolute atomic E-state index is 12.5. The summed E-state index contributed by atoms with van der Waals surface area (Å²) in [6.07, 6.45) is 0.231. The summed E-state index contributed by atoms with van der Waals surface area (Å²) in [5.74, 6) is -0.167. The Bertz CT molecular complexity index is 889. The van der Waals surface area contributed by atoms with Gasteiger partial charge in [0, 0.05) is 11.6 Å². The molecule has 0 saturated carbocycles. The fraction of sp³-hybridized carbons (Fsp3) is 0.333. The van der Waals surface area contributed by atoms with Crippen molar-refractivity contribution >= 4 is 23.2 Å². The van der Waals surface area contributed by atoms with Crippen molar-refractivity contribution in [2.45, 2.75) is 39.3 Å². The van der Waals surface area contributed by atoms with Gasteiger partial charge in [0.2, 0.25) is 0 Å². The molecule has 1 aromatic heterocycles. The van der Waals surface area contributed by atoms with Gasteiger partial charge in [0.05, 0.1) is 17.9 Å². The van der Waals surface area contributed by atoms with Gasteiger partial charge in [-0.2, -0.15) is 10.1 Å². The number of aromatic nitrogens is 1. The van der Waals surface area contributed by atoms with E-state index in [2.05, 4.69) is 15.6 Å². The zero-order valence-corrected chi connectivity index (χ0v) is 14.8. The minimum Gasteiger partial charge on any atom is -0.374 e. The largest absolute Gasteiger partial charge is 0.374 e. The SMILES string of the molecule is CC[C@]1(O)C(=O)N(c2cccc(C(=O)NCc3cc(C)on3)c2)N=C1C. The Kier molecular flexibility index (Phi) is 4.60. The van der Waals surface area contributed by atoms with E-state index in [0.29, 0.717) is 28.4 Å². The van der Waals surface area contributed by atoms with E-state index < -0.39 is 11.5 Å². The van der Waals surface area contributed by atoms with Crippen molar-refractivity contribution in [2.24, 2.45) is 5.10 Å². The molecule has 2 aromatic rings. The van der Waals surface area contributed by atoms with Gasteiger partial charge in [0.15, 0.2) is 5.60 Å². The second kappa shape index (κ2) is 6.72. The Morgan fingerprint density at radius 3 is 2.73 bits per heavy atom. The molecular weight excluding hydrogens is 336 g/mol. The van der Waals surface area contributed by atoms with Gasteiger partial charge in [-0.3, -0.25) is 9.59 Å². The van der Waals surface area contributed by atoms with Crippen molar-refractivity contribution in [3.63, 3.8) is 0 Å². The Hall–Kier alpha value is -3.00. The number of amides is 2. The number of nitrogens with one attached hydrogen (secondary N) is 1. The quantitative estimate of drug-likeness (QED) is 0.849. The maximum Gasteiger partial charge on any atom is 0.285 e. The van der Waals surface area contributed by atoms with Crippen molar-refractivity contribution in [1.82, 2.24) is 10.5 Å². The van der Waals surface area contributed by atoms with Crippen LogP contribution in [0, 0.1) is 6.92 Å². The molecule has 8 heteroatoms. The molecular formula is C18H20N4O4. The minimum atomic E-state index is -1.59. The Balaban J connectivity index is 1.76. The van der Waals surface area contributed by atoms with Crippen molar-refractivity contribution in [1.29, 1.82) is 0 Å². The molecule has 0 radical (unpaired) electrons. The average molecular weight is 356 g/mol. The highest BCUT2D eigenvalue weighted by atomic mass is 16.5. The number of hydrogen-bond acceptors (Lipinski definition) is 6. The highest BCUT2D eigenvalue weighted by Crippen LogP contribution is 2.29. The number of carbonyl (C=O) groups is 2. The van der Waals surface area contributed by atoms with Gasteiger partial charge in [0.1, 0.15) is 11.5 Å².